The van der Waals surface area contributed by atoms with E-state index in [9.17, 15) is 24.0 Å². The summed E-state index contributed by atoms with van der Waals surface area (Å²) in [5.41, 5.74) is 9.45. The third kappa shape index (κ3) is 11.1. The van der Waals surface area contributed by atoms with Crippen molar-refractivity contribution in [1.29, 1.82) is 0 Å². The van der Waals surface area contributed by atoms with E-state index in [1.807, 2.05) is 71.1 Å². The normalized spacial score (nSPS) is 17.7. The molecule has 3 aliphatic rings. The highest BCUT2D eigenvalue weighted by molar-refractivity contribution is 6.25. The smallest absolute Gasteiger partial charge is 0.264 e. The molecule has 0 aliphatic carbocycles. The van der Waals surface area contributed by atoms with Crippen molar-refractivity contribution < 1.29 is 47.7 Å². The first-order chi connectivity index (χ1) is 32.7. The Balaban J connectivity index is 0.686. The third-order valence-corrected chi connectivity index (χ3v) is 11.9. The molecular weight excluding hydrogens is 863 g/mol. The number of nitrogens with zero attached hydrogens (tertiary/aromatic N) is 6. The largest absolute Gasteiger partial charge is 0.457 e. The Kier molecular flexibility index (Phi) is 15.4. The lowest BCUT2D eigenvalue weighted by atomic mass is 10.0. The van der Waals surface area contributed by atoms with Crippen LogP contribution in [0.1, 0.15) is 65.8 Å². The molecule has 67 heavy (non-hydrogen) atoms. The van der Waals surface area contributed by atoms with E-state index in [2.05, 4.69) is 20.6 Å². The molecule has 3 aromatic carbocycles. The Hall–Kier alpha value is -6.80. The number of imide groups is 2. The summed E-state index contributed by atoms with van der Waals surface area (Å²) in [5, 5.41) is 11.1. The van der Waals surface area contributed by atoms with Crippen molar-refractivity contribution >= 4 is 52.1 Å². The SMILES string of the molecule is CC(CCOCCOCCOCCOCCNc1cccc2c1C(=O)N(C1CCC(=O)NC1=O)C2=O)C(=O)N1CCCC(n2nc(-c3ccc(Oc4ccccc4)cc3)c3c(N)ncnc32)C1. The predicted molar refractivity (Wildman–Crippen MR) is 245 cm³/mol. The van der Waals surface area contributed by atoms with E-state index in [1.54, 1.807) is 18.2 Å². The number of para-hydroxylation sites is 1. The monoisotopic (exact) mass is 917 g/mol. The number of rotatable bonds is 22. The van der Waals surface area contributed by atoms with Gasteiger partial charge in [-0.05, 0) is 74.2 Å². The minimum absolute atomic E-state index is 0.0561. The molecule has 19 nitrogen and oxygen atoms in total. The van der Waals surface area contributed by atoms with Gasteiger partial charge in [0.25, 0.3) is 11.8 Å². The fraction of sp³-hybridized carbons (Fsp3) is 0.417. The fourth-order valence-electron chi connectivity index (χ4n) is 8.49. The standard InChI is InChI=1S/C48H55N9O10/c1-31(46(60)55-20-6-7-33(29-55)57-44-41(43(49)51-30-52-44)42(54-57)32-12-14-35(15-13-32)67-34-8-3-2-4-9-34)18-21-63-23-25-65-27-28-66-26-24-64-22-19-50-37-11-5-10-36-40(37)48(62)56(47(36)61)38-16-17-39(58)53-45(38)59/h2-5,8-15,30-31,33,38,50H,6-7,16-29H2,1H3,(H2,49,51,52)(H,53,58,59). The molecule has 5 aromatic rings. The number of amides is 5. The van der Waals surface area contributed by atoms with Crippen LogP contribution in [-0.2, 0) is 33.3 Å². The van der Waals surface area contributed by atoms with Crippen LogP contribution in [0.3, 0.4) is 0 Å². The van der Waals surface area contributed by atoms with Gasteiger partial charge >= 0.3 is 0 Å². The number of nitrogen functional groups attached to an aromatic ring is 1. The Morgan fingerprint density at radius 1 is 0.821 bits per heavy atom. The Labute approximate surface area is 387 Å². The average Bonchev–Trinajstić information content (AvgIpc) is 3.86. The van der Waals surface area contributed by atoms with Gasteiger partial charge in [0.05, 0.1) is 68.8 Å². The number of hydrogen-bond donors (Lipinski definition) is 3. The number of nitrogens with two attached hydrogens (primary N) is 1. The lowest BCUT2D eigenvalue weighted by Gasteiger charge is -2.34. The quantitative estimate of drug-likeness (QED) is 0.0635. The number of ether oxygens (including phenoxy) is 5. The highest BCUT2D eigenvalue weighted by atomic mass is 16.6. The molecule has 3 atom stereocenters. The first-order valence-electron chi connectivity index (χ1n) is 22.7. The highest BCUT2D eigenvalue weighted by Crippen LogP contribution is 2.36. The lowest BCUT2D eigenvalue weighted by Crippen LogP contribution is -2.54. The molecule has 2 fully saturated rings. The van der Waals surface area contributed by atoms with Crippen molar-refractivity contribution in [3.63, 3.8) is 0 Å². The Morgan fingerprint density at radius 3 is 2.25 bits per heavy atom. The maximum absolute atomic E-state index is 13.6. The zero-order valence-corrected chi connectivity index (χ0v) is 37.4. The number of anilines is 2. The van der Waals surface area contributed by atoms with E-state index in [4.69, 9.17) is 34.5 Å². The van der Waals surface area contributed by atoms with Crippen molar-refractivity contribution in [1.82, 2.24) is 34.9 Å². The van der Waals surface area contributed by atoms with E-state index >= 15 is 0 Å². The molecule has 2 aromatic heterocycles. The van der Waals surface area contributed by atoms with Crippen LogP contribution < -0.4 is 21.1 Å². The molecule has 0 bridgehead atoms. The molecule has 19 heteroatoms. The lowest BCUT2D eigenvalue weighted by molar-refractivity contribution is -0.138. The predicted octanol–water partition coefficient (Wildman–Crippen LogP) is 4.64. The Morgan fingerprint density at radius 2 is 1.52 bits per heavy atom. The second-order valence-corrected chi connectivity index (χ2v) is 16.5. The summed E-state index contributed by atoms with van der Waals surface area (Å²) in [5.74, 6) is -0.557. The maximum Gasteiger partial charge on any atom is 0.264 e. The van der Waals surface area contributed by atoms with Gasteiger partial charge in [0.1, 0.15) is 35.4 Å². The summed E-state index contributed by atoms with van der Waals surface area (Å²) < 4.78 is 30.6. The number of hydrogen-bond acceptors (Lipinski definition) is 15. The molecule has 8 rings (SSSR count). The number of carbonyl (C=O) groups is 5. The number of aromatic nitrogens is 4. The summed E-state index contributed by atoms with van der Waals surface area (Å²) in [6.07, 6.45) is 3.85. The van der Waals surface area contributed by atoms with Crippen molar-refractivity contribution in [2.75, 3.05) is 83.5 Å². The van der Waals surface area contributed by atoms with Crippen LogP contribution in [0, 0.1) is 5.92 Å². The number of nitrogens with one attached hydrogen (secondary N) is 2. The van der Waals surface area contributed by atoms with E-state index in [1.165, 1.54) is 6.33 Å². The number of fused-ring (bicyclic) bond motifs is 2. The van der Waals surface area contributed by atoms with E-state index in [-0.39, 0.29) is 41.8 Å². The van der Waals surface area contributed by atoms with E-state index in [0.29, 0.717) is 113 Å². The average molecular weight is 918 g/mol. The van der Waals surface area contributed by atoms with Gasteiger partial charge in [0, 0.05) is 49.8 Å². The zero-order valence-electron chi connectivity index (χ0n) is 37.4. The van der Waals surface area contributed by atoms with E-state index in [0.717, 1.165) is 29.1 Å². The fourth-order valence-corrected chi connectivity index (χ4v) is 8.49. The minimum Gasteiger partial charge on any atom is -0.457 e. The van der Waals surface area contributed by atoms with Gasteiger partial charge in [-0.15, -0.1) is 0 Å². The highest BCUT2D eigenvalue weighted by Gasteiger charge is 2.45. The van der Waals surface area contributed by atoms with Gasteiger partial charge in [-0.3, -0.25) is 34.2 Å². The third-order valence-electron chi connectivity index (χ3n) is 11.9. The summed E-state index contributed by atoms with van der Waals surface area (Å²) in [7, 11) is 0. The summed E-state index contributed by atoms with van der Waals surface area (Å²) >= 11 is 0. The van der Waals surface area contributed by atoms with E-state index < -0.39 is 29.7 Å². The van der Waals surface area contributed by atoms with Crippen LogP contribution >= 0.6 is 0 Å². The first kappa shape index (κ1) is 46.7. The molecule has 3 unspecified atom stereocenters. The van der Waals surface area contributed by atoms with Crippen LogP contribution in [0.4, 0.5) is 11.5 Å². The second kappa shape index (κ2) is 22.1. The second-order valence-electron chi connectivity index (χ2n) is 16.5. The number of benzene rings is 3. The van der Waals surface area contributed by atoms with Gasteiger partial charge < -0.3 is 39.6 Å². The minimum atomic E-state index is -1.02. The number of carbonyl (C=O) groups excluding carboxylic acids is 5. The van der Waals surface area contributed by atoms with Crippen LogP contribution in [-0.4, -0.2) is 138 Å². The molecule has 5 amide bonds. The molecule has 5 heterocycles. The molecule has 4 N–H and O–H groups in total. The number of likely N-dealkylation sites (tertiary alicyclic amines) is 1. The molecular formula is C48H55N9O10. The van der Waals surface area contributed by atoms with Crippen LogP contribution in [0.15, 0.2) is 79.1 Å². The van der Waals surface area contributed by atoms with Gasteiger partial charge in [0.2, 0.25) is 17.7 Å². The molecule has 0 spiro atoms. The molecule has 352 valence electrons. The Bertz CT molecular complexity index is 2550. The van der Waals surface area contributed by atoms with Crippen LogP contribution in [0.25, 0.3) is 22.3 Å². The first-order valence-corrected chi connectivity index (χ1v) is 22.7. The zero-order chi connectivity index (χ0) is 46.7. The van der Waals surface area contributed by atoms with Gasteiger partial charge in [-0.25, -0.2) is 14.6 Å². The van der Waals surface area contributed by atoms with Crippen molar-refractivity contribution in [3.05, 3.63) is 90.3 Å². The molecule has 3 aliphatic heterocycles. The van der Waals surface area contributed by atoms with Crippen molar-refractivity contribution in [2.45, 2.75) is 51.1 Å². The van der Waals surface area contributed by atoms with Crippen LogP contribution in [0.5, 0.6) is 11.5 Å². The van der Waals surface area contributed by atoms with Gasteiger partial charge in [-0.2, -0.15) is 5.10 Å². The summed E-state index contributed by atoms with van der Waals surface area (Å²) in [6, 6.07) is 21.1. The van der Waals surface area contributed by atoms with Gasteiger partial charge in [0.15, 0.2) is 5.65 Å². The molecule has 0 saturated carbocycles. The molecule has 0 radical (unpaired) electrons. The van der Waals surface area contributed by atoms with Gasteiger partial charge in [-0.1, -0.05) is 31.2 Å². The molecule has 2 saturated heterocycles. The summed E-state index contributed by atoms with van der Waals surface area (Å²) in [4.78, 5) is 75.6. The van der Waals surface area contributed by atoms with Crippen molar-refractivity contribution in [2.24, 2.45) is 5.92 Å². The number of piperidine rings is 2. The topological polar surface area (TPSA) is 232 Å². The maximum atomic E-state index is 13.6. The summed E-state index contributed by atoms with van der Waals surface area (Å²) in [6.45, 7) is 6.49. The van der Waals surface area contributed by atoms with Crippen molar-refractivity contribution in [3.8, 4) is 22.8 Å². The van der Waals surface area contributed by atoms with Crippen LogP contribution in [0.2, 0.25) is 0 Å².